The number of hydrogen-bond donors (Lipinski definition) is 1. The van der Waals surface area contributed by atoms with E-state index in [9.17, 15) is 0 Å². The lowest BCUT2D eigenvalue weighted by Gasteiger charge is -2.06. The molecule has 1 nitrogen and oxygen atoms in total. The van der Waals surface area contributed by atoms with Gasteiger partial charge in [-0.25, -0.2) is 0 Å². The number of aryl methyl sites for hydroxylation is 2. The largest absolute Gasteiger partial charge is 0.317 e. The van der Waals surface area contributed by atoms with Crippen LogP contribution in [0, 0.1) is 13.8 Å². The number of benzene rings is 1. The molecule has 0 unspecified atom stereocenters. The van der Waals surface area contributed by atoms with Crippen LogP contribution in [0.4, 0.5) is 0 Å². The molecule has 1 aromatic rings. The van der Waals surface area contributed by atoms with Crippen molar-refractivity contribution < 1.29 is 0 Å². The fourth-order valence-electron chi connectivity index (χ4n) is 1.89. The second-order valence-corrected chi connectivity index (χ2v) is 4.41. The predicted octanol–water partition coefficient (Wildman–Crippen LogP) is 3.71. The fourth-order valence-corrected chi connectivity index (χ4v) is 1.89. The highest BCUT2D eigenvalue weighted by Gasteiger charge is 1.97. The van der Waals surface area contributed by atoms with Crippen LogP contribution >= 0.6 is 0 Å². The number of allylic oxidation sites excluding steroid dienone is 1. The first kappa shape index (κ1) is 13.0. The van der Waals surface area contributed by atoms with Crippen LogP contribution in [0.25, 0.3) is 5.57 Å². The molecule has 0 aliphatic carbocycles. The van der Waals surface area contributed by atoms with E-state index in [1.165, 1.54) is 22.3 Å². The average Bonchev–Trinajstić information content (AvgIpc) is 2.22. The maximum Gasteiger partial charge on any atom is -0.00142 e. The van der Waals surface area contributed by atoms with Gasteiger partial charge in [-0.2, -0.15) is 0 Å². The number of rotatable bonds is 5. The monoisotopic (exact) mass is 217 g/mol. The van der Waals surface area contributed by atoms with Crippen molar-refractivity contribution in [2.24, 2.45) is 0 Å². The molecule has 0 spiro atoms. The minimum atomic E-state index is 1.05. The minimum Gasteiger partial charge on any atom is -0.317 e. The first-order chi connectivity index (χ1) is 7.63. The third-order valence-corrected chi connectivity index (χ3v) is 2.70. The van der Waals surface area contributed by atoms with E-state index in [0.29, 0.717) is 0 Å². The molecule has 1 rings (SSSR count). The molecule has 88 valence electrons. The van der Waals surface area contributed by atoms with Crippen LogP contribution in [0.15, 0.2) is 24.3 Å². The predicted molar refractivity (Wildman–Crippen MR) is 72.7 cm³/mol. The topological polar surface area (TPSA) is 12.0 Å². The summed E-state index contributed by atoms with van der Waals surface area (Å²) in [7, 11) is 0. The van der Waals surface area contributed by atoms with Crippen LogP contribution < -0.4 is 5.32 Å². The van der Waals surface area contributed by atoms with Gasteiger partial charge in [0.25, 0.3) is 0 Å². The molecule has 1 aromatic carbocycles. The SMILES string of the molecule is CCNCCC=C(C)c1cc(C)cc(C)c1. The summed E-state index contributed by atoms with van der Waals surface area (Å²) in [6.45, 7) is 10.8. The zero-order valence-electron chi connectivity index (χ0n) is 10.9. The quantitative estimate of drug-likeness (QED) is 0.741. The Morgan fingerprint density at radius 1 is 1.19 bits per heavy atom. The highest BCUT2D eigenvalue weighted by atomic mass is 14.8. The van der Waals surface area contributed by atoms with E-state index in [1.807, 2.05) is 0 Å². The van der Waals surface area contributed by atoms with Crippen molar-refractivity contribution in [1.82, 2.24) is 5.32 Å². The van der Waals surface area contributed by atoms with Crippen molar-refractivity contribution in [3.8, 4) is 0 Å². The molecule has 0 heterocycles. The molecule has 0 atom stereocenters. The first-order valence-corrected chi connectivity index (χ1v) is 6.09. The molecule has 0 saturated heterocycles. The molecule has 0 aliphatic heterocycles. The first-order valence-electron chi connectivity index (χ1n) is 6.09. The Kier molecular flexibility index (Phi) is 5.27. The molecule has 0 aliphatic rings. The summed E-state index contributed by atoms with van der Waals surface area (Å²) in [5, 5.41) is 3.33. The van der Waals surface area contributed by atoms with Gasteiger partial charge in [0.1, 0.15) is 0 Å². The zero-order chi connectivity index (χ0) is 12.0. The Bertz CT molecular complexity index is 343. The van der Waals surface area contributed by atoms with E-state index in [1.54, 1.807) is 0 Å². The summed E-state index contributed by atoms with van der Waals surface area (Å²) in [6, 6.07) is 6.73. The van der Waals surface area contributed by atoms with Gasteiger partial charge in [-0.05, 0) is 51.4 Å². The van der Waals surface area contributed by atoms with Crippen LogP contribution in [-0.4, -0.2) is 13.1 Å². The molecule has 1 heteroatoms. The van der Waals surface area contributed by atoms with Crippen molar-refractivity contribution in [3.05, 3.63) is 41.0 Å². The second kappa shape index (κ2) is 6.49. The molecule has 1 N–H and O–H groups in total. The summed E-state index contributed by atoms with van der Waals surface area (Å²) in [5.74, 6) is 0. The Labute approximate surface area is 99.6 Å². The van der Waals surface area contributed by atoms with E-state index in [2.05, 4.69) is 57.3 Å². The zero-order valence-corrected chi connectivity index (χ0v) is 10.9. The van der Waals surface area contributed by atoms with E-state index in [4.69, 9.17) is 0 Å². The van der Waals surface area contributed by atoms with Crippen LogP contribution in [0.2, 0.25) is 0 Å². The lowest BCUT2D eigenvalue weighted by atomic mass is 10.0. The molecule has 0 bridgehead atoms. The van der Waals surface area contributed by atoms with Crippen LogP contribution in [-0.2, 0) is 0 Å². The Balaban J connectivity index is 2.67. The van der Waals surface area contributed by atoms with Crippen molar-refractivity contribution >= 4 is 5.57 Å². The van der Waals surface area contributed by atoms with Gasteiger partial charge in [0.15, 0.2) is 0 Å². The Morgan fingerprint density at radius 2 is 1.81 bits per heavy atom. The summed E-state index contributed by atoms with van der Waals surface area (Å²) < 4.78 is 0. The molecule has 0 radical (unpaired) electrons. The van der Waals surface area contributed by atoms with Gasteiger partial charge in [0, 0.05) is 0 Å². The van der Waals surface area contributed by atoms with Crippen molar-refractivity contribution in [2.45, 2.75) is 34.1 Å². The second-order valence-electron chi connectivity index (χ2n) is 4.41. The summed E-state index contributed by atoms with van der Waals surface area (Å²) >= 11 is 0. The molecule has 16 heavy (non-hydrogen) atoms. The summed E-state index contributed by atoms with van der Waals surface area (Å²) in [6.07, 6.45) is 3.42. The van der Waals surface area contributed by atoms with E-state index in [0.717, 1.165) is 19.5 Å². The third-order valence-electron chi connectivity index (χ3n) is 2.70. The van der Waals surface area contributed by atoms with E-state index >= 15 is 0 Å². The summed E-state index contributed by atoms with van der Waals surface area (Å²) in [4.78, 5) is 0. The van der Waals surface area contributed by atoms with Gasteiger partial charge in [0.05, 0.1) is 0 Å². The minimum absolute atomic E-state index is 1.05. The molecule has 0 amide bonds. The van der Waals surface area contributed by atoms with E-state index < -0.39 is 0 Å². The van der Waals surface area contributed by atoms with Gasteiger partial charge < -0.3 is 5.32 Å². The summed E-state index contributed by atoms with van der Waals surface area (Å²) in [5.41, 5.74) is 5.42. The number of nitrogens with one attached hydrogen (secondary N) is 1. The normalized spacial score (nSPS) is 11.9. The lowest BCUT2D eigenvalue weighted by molar-refractivity contribution is 0.727. The van der Waals surface area contributed by atoms with Crippen LogP contribution in [0.3, 0.4) is 0 Å². The van der Waals surface area contributed by atoms with Gasteiger partial charge in [0.2, 0.25) is 0 Å². The maximum atomic E-state index is 3.33. The lowest BCUT2D eigenvalue weighted by Crippen LogP contribution is -2.13. The van der Waals surface area contributed by atoms with Gasteiger partial charge in [-0.15, -0.1) is 0 Å². The third kappa shape index (κ3) is 4.19. The van der Waals surface area contributed by atoms with Crippen LogP contribution in [0.1, 0.15) is 37.0 Å². The molecular formula is C15H23N. The van der Waals surface area contributed by atoms with Crippen molar-refractivity contribution in [3.63, 3.8) is 0 Å². The highest BCUT2D eigenvalue weighted by molar-refractivity contribution is 5.64. The van der Waals surface area contributed by atoms with E-state index in [-0.39, 0.29) is 0 Å². The smallest absolute Gasteiger partial charge is 0.00142 e. The van der Waals surface area contributed by atoms with Crippen molar-refractivity contribution in [1.29, 1.82) is 0 Å². The fraction of sp³-hybridized carbons (Fsp3) is 0.467. The van der Waals surface area contributed by atoms with Gasteiger partial charge >= 0.3 is 0 Å². The highest BCUT2D eigenvalue weighted by Crippen LogP contribution is 2.17. The molecule has 0 aromatic heterocycles. The van der Waals surface area contributed by atoms with Gasteiger partial charge in [-0.1, -0.05) is 42.3 Å². The Morgan fingerprint density at radius 3 is 2.38 bits per heavy atom. The van der Waals surface area contributed by atoms with Crippen LogP contribution in [0.5, 0.6) is 0 Å². The van der Waals surface area contributed by atoms with Crippen molar-refractivity contribution in [2.75, 3.05) is 13.1 Å². The van der Waals surface area contributed by atoms with Gasteiger partial charge in [-0.3, -0.25) is 0 Å². The maximum absolute atomic E-state index is 3.33. The molecular weight excluding hydrogens is 194 g/mol. The molecule has 0 fully saturated rings. The standard InChI is InChI=1S/C15H23N/c1-5-16-8-6-7-14(4)15-10-12(2)9-13(3)11-15/h7,9-11,16H,5-6,8H2,1-4H3. The Hall–Kier alpha value is -1.08. The molecule has 0 saturated carbocycles. The average molecular weight is 217 g/mol. The number of hydrogen-bond acceptors (Lipinski definition) is 1.